The molecule has 0 aliphatic heterocycles. The quantitative estimate of drug-likeness (QED) is 0.649. The molecular weight excluding hydrogens is 296 g/mol. The van der Waals surface area contributed by atoms with Crippen LogP contribution in [-0.4, -0.2) is 14.7 Å². The van der Waals surface area contributed by atoms with E-state index in [1.807, 2.05) is 0 Å². The Labute approximate surface area is 83.7 Å². The summed E-state index contributed by atoms with van der Waals surface area (Å²) in [7, 11) is -8.74. The van der Waals surface area contributed by atoms with Gasteiger partial charge in [0.05, 0.1) is 0 Å². The molecule has 0 aliphatic rings. The largest absolute Gasteiger partial charge is 0.703 e. The molecule has 0 bridgehead atoms. The fourth-order valence-corrected chi connectivity index (χ4v) is 1.48. The Morgan fingerprint density at radius 2 is 1.36 bits per heavy atom. The van der Waals surface area contributed by atoms with Crippen LogP contribution in [0.1, 0.15) is 0 Å². The molecule has 0 rings (SSSR count). The second-order valence-corrected chi connectivity index (χ2v) is 3.61. The maximum atomic E-state index is 9.72. The van der Waals surface area contributed by atoms with Crippen LogP contribution in [0.2, 0.25) is 0 Å². The van der Waals surface area contributed by atoms with Crippen molar-refractivity contribution in [2.75, 3.05) is 0 Å². The van der Waals surface area contributed by atoms with E-state index in [2.05, 4.69) is 8.62 Å². The van der Waals surface area contributed by atoms with Gasteiger partial charge >= 0.3 is 25.1 Å². The van der Waals surface area contributed by atoms with Crippen molar-refractivity contribution in [3.05, 3.63) is 0 Å². The second kappa shape index (κ2) is 7.94. The molecule has 0 saturated carbocycles. The molecule has 0 aromatic heterocycles. The molecule has 0 fully saturated rings. The van der Waals surface area contributed by atoms with Crippen molar-refractivity contribution >= 4 is 25.1 Å². The van der Waals surface area contributed by atoms with Gasteiger partial charge in [0, 0.05) is 35.3 Å². The summed E-state index contributed by atoms with van der Waals surface area (Å²) in [5.41, 5.74) is 0. The minimum Gasteiger partial charge on any atom is -0.322 e. The minimum atomic E-state index is -3.01. The summed E-state index contributed by atoms with van der Waals surface area (Å²) in [6, 6.07) is 0. The van der Waals surface area contributed by atoms with Gasteiger partial charge in [0.2, 0.25) is 0 Å². The molecule has 0 spiro atoms. The Kier molecular flexibility index (Phi) is 10.7. The Balaban J connectivity index is 0. The topological polar surface area (TPSA) is 113 Å². The van der Waals surface area contributed by atoms with Gasteiger partial charge in [0.1, 0.15) is 0 Å². The average Bonchev–Trinajstić information content (AvgIpc) is 1.58. The first kappa shape index (κ1) is 14.8. The van der Waals surface area contributed by atoms with Gasteiger partial charge < -0.3 is 4.89 Å². The van der Waals surface area contributed by atoms with Crippen molar-refractivity contribution in [3.63, 3.8) is 0 Å². The van der Waals surface area contributed by atoms with Crippen LogP contribution in [0.5, 0.6) is 0 Å². The molecule has 11 heteroatoms. The molecule has 0 aliphatic carbocycles. The van der Waals surface area contributed by atoms with Gasteiger partial charge in [0.15, 0.2) is 0 Å². The van der Waals surface area contributed by atoms with Crippen LogP contribution in [0.4, 0.5) is 0 Å². The van der Waals surface area contributed by atoms with Crippen molar-refractivity contribution < 1.29 is 58.6 Å². The van der Waals surface area contributed by atoms with E-state index in [0.29, 0.717) is 0 Å². The first-order valence-corrected chi connectivity index (χ1v) is 5.09. The summed E-state index contributed by atoms with van der Waals surface area (Å²) >= 11 is 0. The number of rotatable bonds is 4. The Morgan fingerprint density at radius 1 is 1.09 bits per heavy atom. The van der Waals surface area contributed by atoms with Crippen LogP contribution in [0.3, 0.4) is 0 Å². The standard InChI is InChI=1S/HO7P3.Zr/c1-8(2)6-10(5)7-9(3)4;/h5H;/p+2. The third-order valence-electron chi connectivity index (χ3n) is 0.279. The Hall–Kier alpha value is 1.31. The maximum Gasteiger partial charge on any atom is 0.703 e. The molecule has 3 N–H and O–H groups in total. The fourth-order valence-electron chi connectivity index (χ4n) is 0.134. The molecule has 0 saturated heterocycles. The van der Waals surface area contributed by atoms with E-state index in [4.69, 9.17) is 14.7 Å². The van der Waals surface area contributed by atoms with Gasteiger partial charge in [-0.15, -0.1) is 9.79 Å². The molecule has 0 aromatic rings. The number of hydrogen-bond donors (Lipinski definition) is 3. The van der Waals surface area contributed by atoms with E-state index in [-0.39, 0.29) is 26.2 Å². The zero-order valence-corrected chi connectivity index (χ0v) is 9.96. The monoisotopic (exact) mass is 298 g/mol. The Bertz CT molecular complexity index is 129. The van der Waals surface area contributed by atoms with Crippen molar-refractivity contribution in [1.82, 2.24) is 0 Å². The SMILES string of the molecule is O=[P+](O)OP(O)O[P+](=O)O.[Zr]. The zero-order valence-electron chi connectivity index (χ0n) is 4.82. The number of hydrogen-bond acceptors (Lipinski definition) is 5. The Morgan fingerprint density at radius 3 is 1.55 bits per heavy atom. The smallest absolute Gasteiger partial charge is 0.322 e. The van der Waals surface area contributed by atoms with Crippen LogP contribution in [0, 0.1) is 0 Å². The van der Waals surface area contributed by atoms with Gasteiger partial charge in [-0.05, 0) is 8.62 Å². The third-order valence-corrected chi connectivity index (χ3v) is 2.51. The molecule has 7 nitrogen and oxygen atoms in total. The van der Waals surface area contributed by atoms with E-state index in [1.165, 1.54) is 0 Å². The molecule has 0 aromatic carbocycles. The molecule has 62 valence electrons. The van der Waals surface area contributed by atoms with Crippen LogP contribution < -0.4 is 0 Å². The normalized spacial score (nSPS) is 14.8. The predicted molar refractivity (Wildman–Crippen MR) is 31.0 cm³/mol. The first-order valence-electron chi connectivity index (χ1n) is 1.70. The van der Waals surface area contributed by atoms with Gasteiger partial charge in [-0.25, -0.2) is 0 Å². The summed E-state index contributed by atoms with van der Waals surface area (Å²) in [6.45, 7) is 0. The predicted octanol–water partition coefficient (Wildman–Crippen LogP) is 0.536. The third kappa shape index (κ3) is 11.3. The molecule has 2 atom stereocenters. The average molecular weight is 299 g/mol. The van der Waals surface area contributed by atoms with Crippen LogP contribution in [-0.2, 0) is 44.0 Å². The van der Waals surface area contributed by atoms with Crippen LogP contribution in [0.25, 0.3) is 0 Å². The van der Waals surface area contributed by atoms with E-state index in [1.54, 1.807) is 0 Å². The summed E-state index contributed by atoms with van der Waals surface area (Å²) in [4.78, 5) is 24.2. The summed E-state index contributed by atoms with van der Waals surface area (Å²) in [5, 5.41) is 0. The van der Waals surface area contributed by atoms with Crippen molar-refractivity contribution in [3.8, 4) is 0 Å². The summed E-state index contributed by atoms with van der Waals surface area (Å²) < 4.78 is 26.8. The molecular formula is H3O7P3Zr+2. The van der Waals surface area contributed by atoms with E-state index in [9.17, 15) is 9.13 Å². The molecule has 0 amide bonds. The maximum absolute atomic E-state index is 9.72. The van der Waals surface area contributed by atoms with Gasteiger partial charge in [0.25, 0.3) is 0 Å². The van der Waals surface area contributed by atoms with Crippen molar-refractivity contribution in [2.45, 2.75) is 0 Å². The van der Waals surface area contributed by atoms with E-state index in [0.717, 1.165) is 0 Å². The minimum absolute atomic E-state index is 0. The van der Waals surface area contributed by atoms with E-state index >= 15 is 0 Å². The van der Waals surface area contributed by atoms with E-state index < -0.39 is 25.1 Å². The second-order valence-electron chi connectivity index (χ2n) is 0.877. The van der Waals surface area contributed by atoms with Crippen molar-refractivity contribution in [2.24, 2.45) is 0 Å². The molecule has 2 unspecified atom stereocenters. The van der Waals surface area contributed by atoms with Crippen LogP contribution >= 0.6 is 25.1 Å². The fraction of sp³-hybridized carbons (Fsp3) is 0. The summed E-state index contributed by atoms with van der Waals surface area (Å²) in [6.07, 6.45) is 0. The first-order chi connectivity index (χ1) is 4.52. The zero-order chi connectivity index (χ0) is 8.15. The summed E-state index contributed by atoms with van der Waals surface area (Å²) in [5.74, 6) is 0. The molecule has 11 heavy (non-hydrogen) atoms. The van der Waals surface area contributed by atoms with Gasteiger partial charge in [-0.3, -0.25) is 0 Å². The van der Waals surface area contributed by atoms with Crippen molar-refractivity contribution in [1.29, 1.82) is 0 Å². The van der Waals surface area contributed by atoms with Gasteiger partial charge in [-0.1, -0.05) is 0 Å². The van der Waals surface area contributed by atoms with Gasteiger partial charge in [-0.2, -0.15) is 0 Å². The molecule has 0 heterocycles. The van der Waals surface area contributed by atoms with Crippen LogP contribution in [0.15, 0.2) is 0 Å². The molecule has 0 radical (unpaired) electrons.